The number of carbonyl (C=O) groups is 1. The minimum Gasteiger partial charge on any atom is -0.459 e. The highest BCUT2D eigenvalue weighted by Gasteiger charge is 2.22. The molecule has 1 unspecified atom stereocenters. The Balaban J connectivity index is 2.50. The molecule has 1 atom stereocenters. The third-order valence-electron chi connectivity index (χ3n) is 2.83. The summed E-state index contributed by atoms with van der Waals surface area (Å²) >= 11 is -2.32. The molecule has 0 radical (unpaired) electrons. The molecule has 0 saturated heterocycles. The second kappa shape index (κ2) is 7.20. The van der Waals surface area contributed by atoms with Gasteiger partial charge in [0, 0.05) is 0 Å². The molecule has 2 rings (SSSR count). The average Bonchev–Trinajstić information content (AvgIpc) is 2.48. The lowest BCUT2D eigenvalue weighted by molar-refractivity contribution is 0.0379. The van der Waals surface area contributed by atoms with Crippen LogP contribution in [0.3, 0.4) is 0 Å². The topological polar surface area (TPSA) is 66.8 Å². The van der Waals surface area contributed by atoms with Crippen molar-refractivity contribution in [2.75, 3.05) is 4.31 Å². The number of anilines is 2. The number of benzene rings is 2. The Kier molecular flexibility index (Phi) is 5.30. The van der Waals surface area contributed by atoms with Crippen LogP contribution in [0, 0.1) is 0 Å². The molecule has 22 heavy (non-hydrogen) atoms. The van der Waals surface area contributed by atoms with Gasteiger partial charge in [-0.05, 0) is 38.1 Å². The Morgan fingerprint density at radius 1 is 1.09 bits per heavy atom. The van der Waals surface area contributed by atoms with E-state index in [2.05, 4.69) is 0 Å². The van der Waals surface area contributed by atoms with Gasteiger partial charge < -0.3 is 4.74 Å². The van der Waals surface area contributed by atoms with E-state index in [9.17, 15) is 13.6 Å². The number of para-hydroxylation sites is 2. The molecule has 0 heterocycles. The third-order valence-corrected chi connectivity index (χ3v) is 3.55. The number of hydrogen-bond acceptors (Lipinski definition) is 3. The van der Waals surface area contributed by atoms with Gasteiger partial charge in [-0.1, -0.05) is 30.3 Å². The number of carbonyl (C=O) groups excluding carboxylic acids is 1. The molecular formula is C16H17NO4S. The molecule has 0 amide bonds. The summed E-state index contributed by atoms with van der Waals surface area (Å²) in [6.07, 6.45) is -0.273. The quantitative estimate of drug-likeness (QED) is 0.676. The van der Waals surface area contributed by atoms with Crippen molar-refractivity contribution in [1.82, 2.24) is 0 Å². The van der Waals surface area contributed by atoms with Crippen molar-refractivity contribution in [3.8, 4) is 0 Å². The highest BCUT2D eigenvalue weighted by atomic mass is 32.2. The molecule has 0 saturated carbocycles. The van der Waals surface area contributed by atoms with E-state index in [0.29, 0.717) is 11.4 Å². The Bertz CT molecular complexity index is 673. The molecule has 1 N–H and O–H groups in total. The van der Waals surface area contributed by atoms with Crippen LogP contribution in [0.2, 0.25) is 0 Å². The second-order valence-corrected chi connectivity index (χ2v) is 5.66. The second-order valence-electron chi connectivity index (χ2n) is 4.83. The van der Waals surface area contributed by atoms with Gasteiger partial charge in [0.15, 0.2) is 0 Å². The standard InChI is InChI=1S/C16H17NO4S/c1-12(2)21-16(18)14-10-6-7-11-15(14)17(22(19)20)13-8-4-3-5-9-13/h3-12H,1-2H3,(H,19,20). The van der Waals surface area contributed by atoms with Crippen molar-refractivity contribution in [1.29, 1.82) is 0 Å². The van der Waals surface area contributed by atoms with Gasteiger partial charge in [-0.15, -0.1) is 0 Å². The van der Waals surface area contributed by atoms with Crippen LogP contribution in [0.5, 0.6) is 0 Å². The largest absolute Gasteiger partial charge is 0.459 e. The Morgan fingerprint density at radius 2 is 1.68 bits per heavy atom. The van der Waals surface area contributed by atoms with Crippen LogP contribution in [0.1, 0.15) is 24.2 Å². The molecule has 0 aliphatic heterocycles. The van der Waals surface area contributed by atoms with E-state index in [0.717, 1.165) is 0 Å². The fraction of sp³-hybridized carbons (Fsp3) is 0.188. The SMILES string of the molecule is CC(C)OC(=O)c1ccccc1N(c1ccccc1)S(=O)O. The van der Waals surface area contributed by atoms with Crippen molar-refractivity contribution in [2.24, 2.45) is 0 Å². The van der Waals surface area contributed by atoms with Crippen molar-refractivity contribution in [2.45, 2.75) is 20.0 Å². The first-order chi connectivity index (χ1) is 10.5. The summed E-state index contributed by atoms with van der Waals surface area (Å²) in [5, 5.41) is 0. The first-order valence-corrected chi connectivity index (χ1v) is 7.83. The summed E-state index contributed by atoms with van der Waals surface area (Å²) in [4.78, 5) is 12.2. The molecule has 0 aliphatic rings. The minimum absolute atomic E-state index is 0.238. The van der Waals surface area contributed by atoms with Crippen molar-refractivity contribution in [3.05, 3.63) is 60.2 Å². The van der Waals surface area contributed by atoms with E-state index >= 15 is 0 Å². The van der Waals surface area contributed by atoms with E-state index in [1.54, 1.807) is 68.4 Å². The fourth-order valence-corrected chi connectivity index (χ4v) is 2.61. The van der Waals surface area contributed by atoms with Crippen LogP contribution in [-0.2, 0) is 16.0 Å². The first-order valence-electron chi connectivity index (χ1n) is 6.77. The third kappa shape index (κ3) is 3.72. The van der Waals surface area contributed by atoms with Crippen LogP contribution in [0.25, 0.3) is 0 Å². The van der Waals surface area contributed by atoms with Gasteiger partial charge in [0.05, 0.1) is 23.0 Å². The summed E-state index contributed by atoms with van der Waals surface area (Å²) in [6.45, 7) is 3.50. The Labute approximate surface area is 131 Å². The van der Waals surface area contributed by atoms with Crippen LogP contribution in [0.4, 0.5) is 11.4 Å². The zero-order valence-electron chi connectivity index (χ0n) is 12.3. The smallest absolute Gasteiger partial charge is 0.340 e. The van der Waals surface area contributed by atoms with Gasteiger partial charge in [0.1, 0.15) is 0 Å². The summed E-state index contributed by atoms with van der Waals surface area (Å²) in [5.74, 6) is -0.531. The lowest BCUT2D eigenvalue weighted by Gasteiger charge is -2.22. The molecule has 6 heteroatoms. The lowest BCUT2D eigenvalue weighted by atomic mass is 10.1. The summed E-state index contributed by atoms with van der Waals surface area (Å²) in [5.41, 5.74) is 1.07. The molecule has 116 valence electrons. The van der Waals surface area contributed by atoms with Gasteiger partial charge in [0.25, 0.3) is 11.3 Å². The molecule has 2 aromatic carbocycles. The minimum atomic E-state index is -2.32. The maximum atomic E-state index is 12.2. The van der Waals surface area contributed by atoms with Crippen LogP contribution in [-0.4, -0.2) is 20.8 Å². The maximum absolute atomic E-state index is 12.2. The van der Waals surface area contributed by atoms with Gasteiger partial charge in [-0.25, -0.2) is 13.3 Å². The van der Waals surface area contributed by atoms with Gasteiger partial charge in [0.2, 0.25) is 0 Å². The molecular weight excluding hydrogens is 302 g/mol. The number of rotatable bonds is 5. The molecule has 0 aromatic heterocycles. The number of esters is 1. The molecule has 5 nitrogen and oxygen atoms in total. The van der Waals surface area contributed by atoms with Crippen LogP contribution in [0.15, 0.2) is 54.6 Å². The maximum Gasteiger partial charge on any atom is 0.340 e. The Morgan fingerprint density at radius 3 is 2.27 bits per heavy atom. The van der Waals surface area contributed by atoms with Gasteiger partial charge >= 0.3 is 5.97 Å². The summed E-state index contributed by atoms with van der Waals surface area (Å²) in [7, 11) is 0. The summed E-state index contributed by atoms with van der Waals surface area (Å²) in [6, 6.07) is 15.3. The molecule has 0 aliphatic carbocycles. The number of nitrogens with zero attached hydrogens (tertiary/aromatic N) is 1. The van der Waals surface area contributed by atoms with E-state index in [-0.39, 0.29) is 11.7 Å². The predicted octanol–water partition coefficient (Wildman–Crippen LogP) is 3.53. The number of ether oxygens (including phenoxy) is 1. The van der Waals surface area contributed by atoms with Crippen molar-refractivity contribution in [3.63, 3.8) is 0 Å². The van der Waals surface area contributed by atoms with Gasteiger partial charge in [-0.2, -0.15) is 0 Å². The molecule has 0 bridgehead atoms. The highest BCUT2D eigenvalue weighted by Crippen LogP contribution is 2.30. The van der Waals surface area contributed by atoms with E-state index in [1.807, 2.05) is 0 Å². The molecule has 0 spiro atoms. The molecule has 2 aromatic rings. The van der Waals surface area contributed by atoms with Crippen molar-refractivity contribution < 1.29 is 18.3 Å². The number of hydrogen-bond donors (Lipinski definition) is 1. The van der Waals surface area contributed by atoms with Crippen LogP contribution >= 0.6 is 0 Å². The average molecular weight is 319 g/mol. The monoisotopic (exact) mass is 319 g/mol. The Hall–Kier alpha value is -2.18. The van der Waals surface area contributed by atoms with E-state index in [1.165, 1.54) is 4.31 Å². The molecule has 0 fully saturated rings. The van der Waals surface area contributed by atoms with E-state index < -0.39 is 17.2 Å². The highest BCUT2D eigenvalue weighted by molar-refractivity contribution is 7.81. The van der Waals surface area contributed by atoms with E-state index in [4.69, 9.17) is 4.74 Å². The zero-order chi connectivity index (χ0) is 16.1. The summed E-state index contributed by atoms with van der Waals surface area (Å²) < 4.78 is 27.8. The lowest BCUT2D eigenvalue weighted by Crippen LogP contribution is -2.23. The normalized spacial score (nSPS) is 12.0. The fourth-order valence-electron chi connectivity index (χ4n) is 1.98. The van der Waals surface area contributed by atoms with Gasteiger partial charge in [-0.3, -0.25) is 4.55 Å². The predicted molar refractivity (Wildman–Crippen MR) is 86.3 cm³/mol. The first kappa shape index (κ1) is 16.2. The van der Waals surface area contributed by atoms with Crippen LogP contribution < -0.4 is 4.31 Å². The van der Waals surface area contributed by atoms with Crippen molar-refractivity contribution >= 4 is 28.6 Å². The zero-order valence-corrected chi connectivity index (χ0v) is 13.1.